The molecule has 3 N–H and O–H groups in total. The van der Waals surface area contributed by atoms with Gasteiger partial charge in [-0.3, -0.25) is 5.32 Å². The van der Waals surface area contributed by atoms with E-state index in [4.69, 9.17) is 19.3 Å². The fourth-order valence-corrected chi connectivity index (χ4v) is 3.74. The van der Waals surface area contributed by atoms with E-state index in [1.54, 1.807) is 32.0 Å². The Hall–Kier alpha value is -4.50. The molecule has 0 aliphatic heterocycles. The summed E-state index contributed by atoms with van der Waals surface area (Å²) in [6, 6.07) is 7.64. The Kier molecular flexibility index (Phi) is 8.88. The highest BCUT2D eigenvalue weighted by atomic mass is 19.4. The average molecular weight is 577 g/mol. The van der Waals surface area contributed by atoms with E-state index in [0.29, 0.717) is 34.6 Å². The summed E-state index contributed by atoms with van der Waals surface area (Å²) in [5, 5.41) is 15.5. The fourth-order valence-electron chi connectivity index (χ4n) is 3.74. The summed E-state index contributed by atoms with van der Waals surface area (Å²) in [6.07, 6.45) is -5.26. The number of benzene rings is 2. The highest BCUT2D eigenvalue weighted by Gasteiger charge is 2.42. The lowest BCUT2D eigenvalue weighted by atomic mass is 10.1. The minimum atomic E-state index is -5.26. The third-order valence-electron chi connectivity index (χ3n) is 5.80. The monoisotopic (exact) mass is 576 g/mol. The van der Waals surface area contributed by atoms with E-state index in [-0.39, 0.29) is 47.8 Å². The molecule has 41 heavy (non-hydrogen) atoms. The summed E-state index contributed by atoms with van der Waals surface area (Å²) in [4.78, 5) is 28.9. The third kappa shape index (κ3) is 6.99. The molecule has 0 radical (unpaired) electrons. The molecular weight excluding hydrogens is 549 g/mol. The number of alkyl halides is 3. The number of rotatable bonds is 11. The first kappa shape index (κ1) is 29.5. The number of hydrogen-bond acceptors (Lipinski definition) is 12. The van der Waals surface area contributed by atoms with Crippen LogP contribution in [0.5, 0.6) is 23.1 Å². The summed E-state index contributed by atoms with van der Waals surface area (Å²) in [7, 11) is 2.98. The maximum atomic E-state index is 13.1. The van der Waals surface area contributed by atoms with Crippen LogP contribution in [0.3, 0.4) is 0 Å². The normalized spacial score (nSPS) is 12.3. The number of hydrogen-bond donors (Lipinski definition) is 3. The molecule has 2 heterocycles. The Bertz CT molecular complexity index is 1570. The van der Waals surface area contributed by atoms with Gasteiger partial charge < -0.3 is 29.4 Å². The van der Waals surface area contributed by atoms with Crippen LogP contribution in [0, 0.1) is 6.92 Å². The molecule has 2 aromatic carbocycles. The predicted octanol–water partition coefficient (Wildman–Crippen LogP) is 3.46. The number of fused-ring (bicyclic) bond motifs is 2. The van der Waals surface area contributed by atoms with Gasteiger partial charge in [0.2, 0.25) is 17.8 Å². The number of nitrogens with zero attached hydrogens (tertiary/aromatic N) is 4. The first-order chi connectivity index (χ1) is 19.5. The highest BCUT2D eigenvalue weighted by Crippen LogP contribution is 2.33. The van der Waals surface area contributed by atoms with Crippen molar-refractivity contribution in [2.75, 3.05) is 39.3 Å². The minimum absolute atomic E-state index is 0.00621. The van der Waals surface area contributed by atoms with Gasteiger partial charge in [0.05, 0.1) is 37.4 Å². The number of esters is 1. The zero-order chi connectivity index (χ0) is 29.7. The zero-order valence-electron chi connectivity index (χ0n) is 22.5. The van der Waals surface area contributed by atoms with Crippen molar-refractivity contribution in [3.05, 3.63) is 36.0 Å². The van der Waals surface area contributed by atoms with E-state index in [1.807, 2.05) is 0 Å². The van der Waals surface area contributed by atoms with Crippen molar-refractivity contribution in [1.29, 1.82) is 0 Å². The lowest BCUT2D eigenvalue weighted by molar-refractivity contribution is -0.189. The van der Waals surface area contributed by atoms with Crippen LogP contribution in [-0.2, 0) is 4.79 Å². The molecule has 0 amide bonds. The molecular formula is C26H27F3N6O6. The molecule has 218 valence electrons. The molecule has 0 aliphatic carbocycles. The number of ether oxygens (including phenoxy) is 4. The summed E-state index contributed by atoms with van der Waals surface area (Å²) in [6.45, 7) is 4.06. The summed E-state index contributed by atoms with van der Waals surface area (Å²) >= 11 is 0. The molecule has 0 aliphatic rings. The van der Waals surface area contributed by atoms with Gasteiger partial charge in [0.25, 0.3) is 0 Å². The van der Waals surface area contributed by atoms with Crippen LogP contribution in [-0.4, -0.2) is 77.2 Å². The number of carbonyl (C=O) groups excluding carboxylic acids is 1. The molecule has 0 bridgehead atoms. The number of aryl methyl sites for hydroxylation is 1. The van der Waals surface area contributed by atoms with Gasteiger partial charge in [0, 0.05) is 24.0 Å². The van der Waals surface area contributed by atoms with Crippen molar-refractivity contribution in [3.8, 4) is 23.1 Å². The molecule has 0 fully saturated rings. The first-order valence-electron chi connectivity index (χ1n) is 12.3. The van der Waals surface area contributed by atoms with Crippen LogP contribution in [0.4, 0.5) is 25.1 Å². The van der Waals surface area contributed by atoms with E-state index in [2.05, 4.69) is 35.3 Å². The smallest absolute Gasteiger partial charge is 0.491 e. The number of carbonyl (C=O) groups is 1. The second-order valence-corrected chi connectivity index (χ2v) is 8.79. The molecule has 0 saturated heterocycles. The van der Waals surface area contributed by atoms with E-state index in [9.17, 15) is 18.0 Å². The predicted molar refractivity (Wildman–Crippen MR) is 142 cm³/mol. The number of nitrogens with one attached hydrogen (secondary N) is 2. The van der Waals surface area contributed by atoms with Crippen molar-refractivity contribution in [2.45, 2.75) is 26.1 Å². The third-order valence-corrected chi connectivity index (χ3v) is 5.80. The molecule has 0 saturated carbocycles. The number of halogens is 3. The first-order valence-corrected chi connectivity index (χ1v) is 12.3. The maximum Gasteiger partial charge on any atom is 0.491 e. The van der Waals surface area contributed by atoms with Crippen molar-refractivity contribution < 1.29 is 42.0 Å². The van der Waals surface area contributed by atoms with E-state index >= 15 is 0 Å². The minimum Gasteiger partial charge on any atom is -0.497 e. The molecule has 0 spiro atoms. The lowest BCUT2D eigenvalue weighted by Gasteiger charge is -2.14. The Morgan fingerprint density at radius 1 is 1.00 bits per heavy atom. The van der Waals surface area contributed by atoms with Gasteiger partial charge >= 0.3 is 12.1 Å². The second-order valence-electron chi connectivity index (χ2n) is 8.79. The summed E-state index contributed by atoms with van der Waals surface area (Å²) in [5.41, 5.74) is 1.15. The van der Waals surface area contributed by atoms with Gasteiger partial charge in [0.15, 0.2) is 0 Å². The van der Waals surface area contributed by atoms with Crippen molar-refractivity contribution >= 4 is 39.7 Å². The Morgan fingerprint density at radius 3 is 2.41 bits per heavy atom. The average Bonchev–Trinajstić information content (AvgIpc) is 2.94. The topological polar surface area (TPSA) is 150 Å². The quantitative estimate of drug-likeness (QED) is 0.177. The number of methoxy groups -OCH3 is 2. The van der Waals surface area contributed by atoms with E-state index in [0.717, 1.165) is 0 Å². The van der Waals surface area contributed by atoms with Gasteiger partial charge in [-0.05, 0) is 38.1 Å². The number of anilines is 2. The maximum absolute atomic E-state index is 13.1. The van der Waals surface area contributed by atoms with Crippen LogP contribution in [0.25, 0.3) is 21.8 Å². The van der Waals surface area contributed by atoms with Crippen LogP contribution in [0.15, 0.2) is 30.3 Å². The molecule has 12 nitrogen and oxygen atoms in total. The summed E-state index contributed by atoms with van der Waals surface area (Å²) in [5.74, 6) is -2.07. The second kappa shape index (κ2) is 12.3. The van der Waals surface area contributed by atoms with Crippen LogP contribution >= 0.6 is 0 Å². The molecule has 4 rings (SSSR count). The molecule has 1 unspecified atom stereocenters. The van der Waals surface area contributed by atoms with Gasteiger partial charge in [-0.25, -0.2) is 19.7 Å². The van der Waals surface area contributed by atoms with Gasteiger partial charge in [0.1, 0.15) is 29.4 Å². The molecule has 4 aromatic rings. The Morgan fingerprint density at radius 2 is 1.73 bits per heavy atom. The van der Waals surface area contributed by atoms with E-state index in [1.165, 1.54) is 26.4 Å². The Labute approximate surface area is 231 Å². The van der Waals surface area contributed by atoms with Crippen LogP contribution < -0.4 is 29.6 Å². The Balaban J connectivity index is 1.69. The number of aliphatic hydroxyl groups excluding tert-OH is 1. The zero-order valence-corrected chi connectivity index (χ0v) is 22.5. The van der Waals surface area contributed by atoms with E-state index < -0.39 is 18.0 Å². The molecule has 15 heteroatoms. The van der Waals surface area contributed by atoms with Crippen molar-refractivity contribution in [1.82, 2.24) is 25.3 Å². The number of aliphatic hydroxyl groups is 1. The molecule has 2 aromatic heterocycles. The standard InChI is InChI=1S/C26H27F3N6O6/c1-13(12-36)30-7-8-40-15-5-6-19-18(9-15)22(41-23(37)26(27,28)29)34-25(32-19)35-24-31-14(2)17-10-16(38-3)11-20(39-4)21(17)33-24/h5-6,9-11,13,30,36H,7-8,12H2,1-4H3,(H,31,32,33,34,35). The SMILES string of the molecule is COc1cc(OC)c2nc(Nc3nc(OC(=O)C(F)(F)F)c4cc(OCCNC(C)CO)ccc4n3)nc(C)c2c1. The van der Waals surface area contributed by atoms with Crippen molar-refractivity contribution in [3.63, 3.8) is 0 Å². The van der Waals surface area contributed by atoms with Gasteiger partial charge in [-0.15, -0.1) is 0 Å². The summed E-state index contributed by atoms with van der Waals surface area (Å²) < 4.78 is 60.1. The lowest BCUT2D eigenvalue weighted by Crippen LogP contribution is -2.32. The van der Waals surface area contributed by atoms with Gasteiger partial charge in [-0.1, -0.05) is 0 Å². The number of aromatic nitrogens is 4. The highest BCUT2D eigenvalue weighted by molar-refractivity contribution is 5.90. The largest absolute Gasteiger partial charge is 0.497 e. The van der Waals surface area contributed by atoms with Gasteiger partial charge in [-0.2, -0.15) is 18.2 Å². The van der Waals surface area contributed by atoms with Crippen LogP contribution in [0.1, 0.15) is 12.6 Å². The van der Waals surface area contributed by atoms with Crippen LogP contribution in [0.2, 0.25) is 0 Å². The fraction of sp³-hybridized carbons (Fsp3) is 0.346. The molecule has 1 atom stereocenters. The van der Waals surface area contributed by atoms with Crippen molar-refractivity contribution in [2.24, 2.45) is 0 Å².